The zero-order valence-electron chi connectivity index (χ0n) is 13.4. The van der Waals surface area contributed by atoms with Crippen molar-refractivity contribution in [2.75, 3.05) is 33.2 Å². The summed E-state index contributed by atoms with van der Waals surface area (Å²) < 4.78 is 0. The Balaban J connectivity index is 1.68. The number of piperidine rings is 2. The fourth-order valence-electron chi connectivity index (χ4n) is 3.46. The zero-order valence-corrected chi connectivity index (χ0v) is 13.4. The highest BCUT2D eigenvalue weighted by molar-refractivity contribution is 5.76. The summed E-state index contributed by atoms with van der Waals surface area (Å²) in [6.45, 7) is 5.13. The number of hydrogen-bond acceptors (Lipinski definition) is 3. The molecule has 2 fully saturated rings. The predicted octanol–water partition coefficient (Wildman–Crippen LogP) is 1.24. The molecule has 1 unspecified atom stereocenters. The molecule has 120 valence electrons. The lowest BCUT2D eigenvalue weighted by atomic mass is 9.91. The lowest BCUT2D eigenvalue weighted by molar-refractivity contribution is -0.133. The largest absolute Gasteiger partial charge is 0.343 e. The van der Waals surface area contributed by atoms with Gasteiger partial charge in [-0.3, -0.25) is 9.59 Å². The van der Waals surface area contributed by atoms with Gasteiger partial charge in [-0.2, -0.15) is 0 Å². The molecule has 0 aromatic heterocycles. The van der Waals surface area contributed by atoms with Crippen LogP contribution in [0, 0.1) is 5.92 Å². The van der Waals surface area contributed by atoms with Crippen molar-refractivity contribution in [2.24, 2.45) is 5.92 Å². The van der Waals surface area contributed by atoms with E-state index in [1.165, 1.54) is 6.42 Å². The van der Waals surface area contributed by atoms with Crippen LogP contribution in [0.5, 0.6) is 0 Å². The first kappa shape index (κ1) is 16.3. The molecule has 2 saturated heterocycles. The molecule has 0 aromatic carbocycles. The molecule has 2 aliphatic rings. The van der Waals surface area contributed by atoms with E-state index >= 15 is 0 Å². The number of likely N-dealkylation sites (tertiary alicyclic amines) is 2. The van der Waals surface area contributed by atoms with E-state index in [-0.39, 0.29) is 5.91 Å². The summed E-state index contributed by atoms with van der Waals surface area (Å²) in [6, 6.07) is 0.460. The van der Waals surface area contributed by atoms with E-state index < -0.39 is 0 Å². The first-order valence-electron chi connectivity index (χ1n) is 8.30. The van der Waals surface area contributed by atoms with Gasteiger partial charge in [0.05, 0.1) is 0 Å². The minimum absolute atomic E-state index is 0.177. The Morgan fingerprint density at radius 2 is 1.81 bits per heavy atom. The van der Waals surface area contributed by atoms with Crippen LogP contribution in [-0.2, 0) is 9.59 Å². The van der Waals surface area contributed by atoms with Gasteiger partial charge in [0.2, 0.25) is 11.8 Å². The molecule has 21 heavy (non-hydrogen) atoms. The van der Waals surface area contributed by atoms with Crippen LogP contribution in [-0.4, -0.2) is 60.9 Å². The molecule has 2 amide bonds. The van der Waals surface area contributed by atoms with E-state index in [1.807, 2.05) is 16.8 Å². The Kier molecular flexibility index (Phi) is 6.03. The van der Waals surface area contributed by atoms with E-state index in [0.29, 0.717) is 24.3 Å². The Morgan fingerprint density at radius 3 is 2.43 bits per heavy atom. The number of hydrogen-bond donors (Lipinski definition) is 1. The Hall–Kier alpha value is -1.10. The molecule has 0 aliphatic carbocycles. The Bertz CT molecular complexity index is 365. The van der Waals surface area contributed by atoms with Crippen LogP contribution in [0.3, 0.4) is 0 Å². The maximum absolute atomic E-state index is 12.3. The highest BCUT2D eigenvalue weighted by Crippen LogP contribution is 2.23. The van der Waals surface area contributed by atoms with Crippen LogP contribution in [0.15, 0.2) is 0 Å². The number of amides is 2. The van der Waals surface area contributed by atoms with Gasteiger partial charge in [0.15, 0.2) is 0 Å². The molecule has 5 nitrogen and oxygen atoms in total. The lowest BCUT2D eigenvalue weighted by Crippen LogP contribution is -2.47. The van der Waals surface area contributed by atoms with Gasteiger partial charge in [-0.25, -0.2) is 0 Å². The Labute approximate surface area is 128 Å². The summed E-state index contributed by atoms with van der Waals surface area (Å²) in [7, 11) is 1.97. The van der Waals surface area contributed by atoms with Gasteiger partial charge in [0, 0.05) is 45.6 Å². The molecule has 0 saturated carbocycles. The predicted molar refractivity (Wildman–Crippen MR) is 82.9 cm³/mol. The lowest BCUT2D eigenvalue weighted by Gasteiger charge is -2.34. The van der Waals surface area contributed by atoms with Gasteiger partial charge < -0.3 is 15.1 Å². The minimum Gasteiger partial charge on any atom is -0.343 e. The smallest absolute Gasteiger partial charge is 0.222 e. The zero-order chi connectivity index (χ0) is 15.2. The third-order valence-corrected chi connectivity index (χ3v) is 5.01. The average molecular weight is 295 g/mol. The molecule has 2 heterocycles. The van der Waals surface area contributed by atoms with Gasteiger partial charge in [-0.15, -0.1) is 0 Å². The van der Waals surface area contributed by atoms with E-state index in [9.17, 15) is 9.59 Å². The second-order valence-electron chi connectivity index (χ2n) is 6.46. The molecule has 0 aromatic rings. The van der Waals surface area contributed by atoms with E-state index in [2.05, 4.69) is 5.32 Å². The van der Waals surface area contributed by atoms with Crippen molar-refractivity contribution in [3.63, 3.8) is 0 Å². The van der Waals surface area contributed by atoms with Gasteiger partial charge in [-0.1, -0.05) is 0 Å². The van der Waals surface area contributed by atoms with Crippen LogP contribution in [0.1, 0.15) is 45.4 Å². The molecule has 0 spiro atoms. The van der Waals surface area contributed by atoms with Crippen LogP contribution >= 0.6 is 0 Å². The van der Waals surface area contributed by atoms with Crippen LogP contribution < -0.4 is 5.32 Å². The third-order valence-electron chi connectivity index (χ3n) is 5.01. The van der Waals surface area contributed by atoms with Crippen molar-refractivity contribution in [1.29, 1.82) is 0 Å². The SMILES string of the molecule is CNC1CCCN(C(=O)CCC2CCN(C(C)=O)CC2)C1. The monoisotopic (exact) mass is 295 g/mol. The number of likely N-dealkylation sites (N-methyl/N-ethyl adjacent to an activating group) is 1. The standard InChI is InChI=1S/C16H29N3O2/c1-13(20)18-10-7-14(8-11-18)5-6-16(21)19-9-3-4-15(12-19)17-2/h14-15,17H,3-12H2,1-2H3. The first-order chi connectivity index (χ1) is 10.1. The molecule has 1 N–H and O–H groups in total. The van der Waals surface area contributed by atoms with Crippen LogP contribution in [0.25, 0.3) is 0 Å². The second kappa shape index (κ2) is 7.78. The second-order valence-corrected chi connectivity index (χ2v) is 6.46. The van der Waals surface area contributed by atoms with Crippen molar-refractivity contribution in [2.45, 2.75) is 51.5 Å². The number of nitrogens with one attached hydrogen (secondary N) is 1. The van der Waals surface area contributed by atoms with Crippen molar-refractivity contribution in [3.8, 4) is 0 Å². The quantitative estimate of drug-likeness (QED) is 0.849. The van der Waals surface area contributed by atoms with Gasteiger partial charge in [-0.05, 0) is 45.1 Å². The van der Waals surface area contributed by atoms with Crippen molar-refractivity contribution >= 4 is 11.8 Å². The fraction of sp³-hybridized carbons (Fsp3) is 0.875. The summed E-state index contributed by atoms with van der Waals surface area (Å²) in [4.78, 5) is 27.5. The molecular weight excluding hydrogens is 266 g/mol. The van der Waals surface area contributed by atoms with Gasteiger partial charge in [0.25, 0.3) is 0 Å². The topological polar surface area (TPSA) is 52.7 Å². The minimum atomic E-state index is 0.177. The van der Waals surface area contributed by atoms with Gasteiger partial charge in [0.1, 0.15) is 0 Å². The number of nitrogens with zero attached hydrogens (tertiary/aromatic N) is 2. The highest BCUT2D eigenvalue weighted by Gasteiger charge is 2.25. The first-order valence-corrected chi connectivity index (χ1v) is 8.30. The highest BCUT2D eigenvalue weighted by atomic mass is 16.2. The maximum Gasteiger partial charge on any atom is 0.222 e. The summed E-state index contributed by atoms with van der Waals surface area (Å²) in [6.07, 6.45) is 6.02. The van der Waals surface area contributed by atoms with Crippen molar-refractivity contribution in [3.05, 3.63) is 0 Å². The average Bonchev–Trinajstić information content (AvgIpc) is 2.53. The number of carbonyl (C=O) groups excluding carboxylic acids is 2. The summed E-state index contributed by atoms with van der Waals surface area (Å²) >= 11 is 0. The number of carbonyl (C=O) groups is 2. The molecule has 2 aliphatic heterocycles. The molecule has 0 bridgehead atoms. The molecule has 5 heteroatoms. The van der Waals surface area contributed by atoms with Gasteiger partial charge >= 0.3 is 0 Å². The van der Waals surface area contributed by atoms with Crippen molar-refractivity contribution in [1.82, 2.24) is 15.1 Å². The van der Waals surface area contributed by atoms with Crippen LogP contribution in [0.2, 0.25) is 0 Å². The normalized spacial score (nSPS) is 24.2. The van der Waals surface area contributed by atoms with E-state index in [1.54, 1.807) is 6.92 Å². The summed E-state index contributed by atoms with van der Waals surface area (Å²) in [5, 5.41) is 3.28. The summed E-state index contributed by atoms with van der Waals surface area (Å²) in [5.41, 5.74) is 0. The molecule has 2 rings (SSSR count). The Morgan fingerprint density at radius 1 is 1.10 bits per heavy atom. The van der Waals surface area contributed by atoms with Crippen molar-refractivity contribution < 1.29 is 9.59 Å². The molecular formula is C16H29N3O2. The van der Waals surface area contributed by atoms with Crippen LogP contribution in [0.4, 0.5) is 0 Å². The number of rotatable bonds is 4. The maximum atomic E-state index is 12.3. The van der Waals surface area contributed by atoms with E-state index in [0.717, 1.165) is 51.9 Å². The fourth-order valence-corrected chi connectivity index (χ4v) is 3.46. The van der Waals surface area contributed by atoms with E-state index in [4.69, 9.17) is 0 Å². The third kappa shape index (κ3) is 4.70. The molecule has 1 atom stereocenters. The summed E-state index contributed by atoms with van der Waals surface area (Å²) in [5.74, 6) is 1.09. The molecule has 0 radical (unpaired) electrons.